The first kappa shape index (κ1) is 22.7. The maximum absolute atomic E-state index is 5.91. The monoisotopic (exact) mass is 449 g/mol. The Bertz CT molecular complexity index is 1000. The van der Waals surface area contributed by atoms with E-state index in [4.69, 9.17) is 4.74 Å². The second kappa shape index (κ2) is 11.4. The first-order chi connectivity index (χ1) is 15.7. The highest BCUT2D eigenvalue weighted by Crippen LogP contribution is 2.24. The highest BCUT2D eigenvalue weighted by atomic mass is 32.2. The first-order valence-electron chi connectivity index (χ1n) is 11.1. The Balaban J connectivity index is 1.44. The quantitative estimate of drug-likeness (QED) is 0.419. The number of benzene rings is 1. The molecule has 0 spiro atoms. The van der Waals surface area contributed by atoms with Crippen LogP contribution in [0.15, 0.2) is 65.5 Å². The molecule has 1 fully saturated rings. The molecule has 2 aromatic heterocycles. The van der Waals surface area contributed by atoms with E-state index < -0.39 is 0 Å². The summed E-state index contributed by atoms with van der Waals surface area (Å²) in [6.45, 7) is 5.44. The van der Waals surface area contributed by atoms with Crippen molar-refractivity contribution in [3.8, 4) is 0 Å². The van der Waals surface area contributed by atoms with Gasteiger partial charge in [-0.2, -0.15) is 0 Å². The summed E-state index contributed by atoms with van der Waals surface area (Å²) in [4.78, 5) is 6.72. The van der Waals surface area contributed by atoms with Crippen molar-refractivity contribution >= 4 is 17.8 Å². The molecule has 1 atom stereocenters. The van der Waals surface area contributed by atoms with Crippen LogP contribution >= 0.6 is 11.8 Å². The number of thioether (sulfide) groups is 1. The van der Waals surface area contributed by atoms with Crippen molar-refractivity contribution in [2.24, 2.45) is 0 Å². The van der Waals surface area contributed by atoms with Gasteiger partial charge in [-0.3, -0.25) is 9.88 Å². The Morgan fingerprint density at radius 2 is 2.03 bits per heavy atom. The number of pyridine rings is 1. The summed E-state index contributed by atoms with van der Waals surface area (Å²) in [5, 5.41) is 10.0. The summed E-state index contributed by atoms with van der Waals surface area (Å²) in [7, 11) is 2.13. The molecule has 3 heterocycles. The summed E-state index contributed by atoms with van der Waals surface area (Å²) in [5.74, 6) is 1.76. The van der Waals surface area contributed by atoms with E-state index in [1.165, 1.54) is 11.1 Å². The van der Waals surface area contributed by atoms with Crippen molar-refractivity contribution < 1.29 is 4.74 Å². The maximum atomic E-state index is 5.91. The number of aromatic nitrogens is 4. The van der Waals surface area contributed by atoms with Crippen molar-refractivity contribution in [1.29, 1.82) is 0 Å². The predicted molar refractivity (Wildman–Crippen MR) is 129 cm³/mol. The van der Waals surface area contributed by atoms with Crippen LogP contribution in [-0.2, 0) is 23.6 Å². The van der Waals surface area contributed by atoms with Crippen LogP contribution < -0.4 is 0 Å². The number of nitrogens with zero attached hydrogens (tertiary/aromatic N) is 5. The van der Waals surface area contributed by atoms with Gasteiger partial charge in [0, 0.05) is 25.1 Å². The van der Waals surface area contributed by atoms with Gasteiger partial charge in [-0.1, -0.05) is 59.8 Å². The van der Waals surface area contributed by atoms with E-state index in [1.54, 1.807) is 11.8 Å². The van der Waals surface area contributed by atoms with Crippen LogP contribution in [0, 0.1) is 0 Å². The second-order valence-corrected chi connectivity index (χ2v) is 9.27. The SMILES string of the molecule is C/C(=C\c1ccccc1)CN(C)Cc1nnc(SCc2ccccn2)n1C[C@@H]1CCCO1. The van der Waals surface area contributed by atoms with Gasteiger partial charge in [0.2, 0.25) is 0 Å². The lowest BCUT2D eigenvalue weighted by Gasteiger charge is -2.19. The van der Waals surface area contributed by atoms with Gasteiger partial charge in [0.25, 0.3) is 0 Å². The molecule has 0 radical (unpaired) electrons. The molecule has 3 aromatic rings. The molecule has 0 saturated carbocycles. The van der Waals surface area contributed by atoms with Crippen molar-refractivity contribution in [2.45, 2.75) is 49.9 Å². The fourth-order valence-corrected chi connectivity index (χ4v) is 4.82. The molecule has 1 aromatic carbocycles. The largest absolute Gasteiger partial charge is 0.376 e. The molecule has 6 nitrogen and oxygen atoms in total. The topological polar surface area (TPSA) is 56.1 Å². The normalized spacial score (nSPS) is 16.7. The molecule has 0 N–H and O–H groups in total. The first-order valence-corrected chi connectivity index (χ1v) is 12.1. The van der Waals surface area contributed by atoms with Crippen molar-refractivity contribution in [3.63, 3.8) is 0 Å². The van der Waals surface area contributed by atoms with Crippen LogP contribution in [0.5, 0.6) is 0 Å². The van der Waals surface area contributed by atoms with Gasteiger partial charge in [-0.05, 0) is 44.5 Å². The molecule has 1 saturated heterocycles. The van der Waals surface area contributed by atoms with E-state index in [1.807, 2.05) is 30.5 Å². The minimum Gasteiger partial charge on any atom is -0.376 e. The van der Waals surface area contributed by atoms with Gasteiger partial charge in [0.05, 0.1) is 24.9 Å². The van der Waals surface area contributed by atoms with Gasteiger partial charge in [-0.25, -0.2) is 0 Å². The van der Waals surface area contributed by atoms with Crippen molar-refractivity contribution in [3.05, 3.63) is 77.4 Å². The van der Waals surface area contributed by atoms with Gasteiger partial charge >= 0.3 is 0 Å². The van der Waals surface area contributed by atoms with Gasteiger partial charge < -0.3 is 9.30 Å². The fraction of sp³-hybridized carbons (Fsp3) is 0.400. The van der Waals surface area contributed by atoms with E-state index in [2.05, 4.69) is 69.0 Å². The second-order valence-electron chi connectivity index (χ2n) is 8.33. The molecule has 1 aliphatic heterocycles. The van der Waals surface area contributed by atoms with E-state index in [0.29, 0.717) is 0 Å². The Labute approximate surface area is 194 Å². The van der Waals surface area contributed by atoms with Gasteiger partial charge in [0.15, 0.2) is 5.16 Å². The van der Waals surface area contributed by atoms with E-state index in [9.17, 15) is 0 Å². The third-order valence-electron chi connectivity index (χ3n) is 5.42. The molecule has 0 amide bonds. The van der Waals surface area contributed by atoms with Crippen LogP contribution in [-0.4, -0.2) is 51.0 Å². The smallest absolute Gasteiger partial charge is 0.191 e. The molecule has 7 heteroatoms. The van der Waals surface area contributed by atoms with Crippen LogP contribution in [0.2, 0.25) is 0 Å². The third-order valence-corrected chi connectivity index (χ3v) is 6.42. The number of ether oxygens (including phenoxy) is 1. The average molecular weight is 450 g/mol. The molecular formula is C25H31N5OS. The molecular weight excluding hydrogens is 418 g/mol. The van der Waals surface area contributed by atoms with Crippen LogP contribution in [0.25, 0.3) is 6.08 Å². The fourth-order valence-electron chi connectivity index (χ4n) is 3.94. The number of rotatable bonds is 10. The molecule has 0 aliphatic carbocycles. The predicted octanol–water partition coefficient (Wildman–Crippen LogP) is 4.68. The Hall–Kier alpha value is -2.48. The lowest BCUT2D eigenvalue weighted by Crippen LogP contribution is -2.24. The average Bonchev–Trinajstić information content (AvgIpc) is 3.44. The van der Waals surface area contributed by atoms with E-state index in [0.717, 1.165) is 61.5 Å². The number of hydrogen-bond acceptors (Lipinski definition) is 6. The summed E-state index contributed by atoms with van der Waals surface area (Å²) in [6, 6.07) is 16.5. The van der Waals surface area contributed by atoms with Crippen molar-refractivity contribution in [2.75, 3.05) is 20.2 Å². The Morgan fingerprint density at radius 1 is 1.19 bits per heavy atom. The minimum absolute atomic E-state index is 0.240. The molecule has 1 aliphatic rings. The summed E-state index contributed by atoms with van der Waals surface area (Å²) < 4.78 is 8.16. The number of likely N-dealkylation sites (N-methyl/N-ethyl adjacent to an activating group) is 1. The summed E-state index contributed by atoms with van der Waals surface area (Å²) >= 11 is 1.69. The van der Waals surface area contributed by atoms with Crippen molar-refractivity contribution in [1.82, 2.24) is 24.6 Å². The third kappa shape index (κ3) is 6.51. The standard InChI is InChI=1S/C25H31N5OS/c1-20(15-21-9-4-3-5-10-21)16-29(2)18-24-27-28-25(30(24)17-23-12-8-14-31-23)32-19-22-11-6-7-13-26-22/h3-7,9-11,13,15,23H,8,12,14,16-19H2,1-2H3/b20-15+/t23-/m0/s1. The lowest BCUT2D eigenvalue weighted by molar-refractivity contribution is 0.0935. The molecule has 32 heavy (non-hydrogen) atoms. The van der Waals surface area contributed by atoms with E-state index >= 15 is 0 Å². The minimum atomic E-state index is 0.240. The van der Waals surface area contributed by atoms with Crippen LogP contribution in [0.3, 0.4) is 0 Å². The molecule has 0 unspecified atom stereocenters. The van der Waals surface area contributed by atoms with Gasteiger partial charge in [-0.15, -0.1) is 10.2 Å². The van der Waals surface area contributed by atoms with Gasteiger partial charge in [0.1, 0.15) is 5.82 Å². The Kier molecular flexibility index (Phi) is 8.09. The lowest BCUT2D eigenvalue weighted by atomic mass is 10.1. The zero-order chi connectivity index (χ0) is 22.2. The molecule has 4 rings (SSSR count). The summed E-state index contributed by atoms with van der Waals surface area (Å²) in [5.41, 5.74) is 3.59. The molecule has 0 bridgehead atoms. The summed E-state index contributed by atoms with van der Waals surface area (Å²) in [6.07, 6.45) is 6.53. The highest BCUT2D eigenvalue weighted by molar-refractivity contribution is 7.98. The van der Waals surface area contributed by atoms with Crippen LogP contribution in [0.4, 0.5) is 0 Å². The zero-order valence-electron chi connectivity index (χ0n) is 18.9. The maximum Gasteiger partial charge on any atom is 0.191 e. The van der Waals surface area contributed by atoms with E-state index in [-0.39, 0.29) is 6.10 Å². The Morgan fingerprint density at radius 3 is 2.78 bits per heavy atom. The highest BCUT2D eigenvalue weighted by Gasteiger charge is 2.21. The number of hydrogen-bond donors (Lipinski definition) is 0. The molecule has 168 valence electrons. The van der Waals surface area contributed by atoms with Crippen LogP contribution in [0.1, 0.15) is 36.8 Å². The zero-order valence-corrected chi connectivity index (χ0v) is 19.7.